The van der Waals surface area contributed by atoms with Crippen LogP contribution in [0.3, 0.4) is 0 Å². The van der Waals surface area contributed by atoms with Gasteiger partial charge in [0.1, 0.15) is 11.6 Å². The van der Waals surface area contributed by atoms with Crippen LogP contribution >= 0.6 is 31.9 Å². The van der Waals surface area contributed by atoms with Gasteiger partial charge >= 0.3 is 6.36 Å². The molecule has 0 aliphatic carbocycles. The highest BCUT2D eigenvalue weighted by Crippen LogP contribution is 2.37. The van der Waals surface area contributed by atoms with E-state index >= 15 is 0 Å². The predicted octanol–water partition coefficient (Wildman–Crippen LogP) is 4.75. The summed E-state index contributed by atoms with van der Waals surface area (Å²) >= 11 is 6.52. The van der Waals surface area contributed by atoms with Crippen molar-refractivity contribution in [2.24, 2.45) is 0 Å². The third kappa shape index (κ3) is 3.45. The van der Waals surface area contributed by atoms with Gasteiger partial charge in [-0.25, -0.2) is 4.98 Å². The lowest BCUT2D eigenvalue weighted by atomic mass is 10.3. The summed E-state index contributed by atoms with van der Waals surface area (Å²) < 4.78 is 43.5. The normalized spacial score (nSPS) is 12.0. The number of benzene rings is 1. The van der Waals surface area contributed by atoms with Crippen molar-refractivity contribution < 1.29 is 17.9 Å². The van der Waals surface area contributed by atoms with Crippen molar-refractivity contribution in [2.75, 3.05) is 0 Å². The maximum Gasteiger partial charge on any atom is 0.573 e. The number of aromatic amines is 1. The second-order valence-corrected chi connectivity index (χ2v) is 7.02. The SMILES string of the molecule is Cc1nc2c(c(C)cn2-c2c(Br)cc(OC(F)(F)F)cc2Br)c(=O)[nH]1. The van der Waals surface area contributed by atoms with Crippen LogP contribution in [0.2, 0.25) is 0 Å². The fraction of sp³-hybridized carbons (Fsp3) is 0.200. The van der Waals surface area contributed by atoms with Gasteiger partial charge in [0, 0.05) is 15.1 Å². The predicted molar refractivity (Wildman–Crippen MR) is 93.2 cm³/mol. The van der Waals surface area contributed by atoms with Crippen LogP contribution in [0.25, 0.3) is 16.7 Å². The van der Waals surface area contributed by atoms with E-state index in [2.05, 4.69) is 46.6 Å². The molecule has 0 bridgehead atoms. The van der Waals surface area contributed by atoms with Gasteiger partial charge in [-0.1, -0.05) is 0 Å². The molecule has 1 N–H and O–H groups in total. The number of alkyl halides is 3. The van der Waals surface area contributed by atoms with Crippen molar-refractivity contribution in [3.05, 3.63) is 49.0 Å². The maximum atomic E-state index is 12.4. The highest BCUT2D eigenvalue weighted by Gasteiger charge is 2.31. The van der Waals surface area contributed by atoms with Crippen LogP contribution in [0, 0.1) is 13.8 Å². The largest absolute Gasteiger partial charge is 0.573 e. The maximum absolute atomic E-state index is 12.4. The summed E-state index contributed by atoms with van der Waals surface area (Å²) in [4.78, 5) is 19.2. The van der Waals surface area contributed by atoms with Crippen molar-refractivity contribution >= 4 is 42.9 Å². The Labute approximate surface area is 156 Å². The first-order valence-corrected chi connectivity index (χ1v) is 8.49. The number of hydrogen-bond acceptors (Lipinski definition) is 3. The van der Waals surface area contributed by atoms with E-state index in [0.29, 0.717) is 37.1 Å². The number of H-pyrrole nitrogens is 1. The Kier molecular flexibility index (Phi) is 4.44. The summed E-state index contributed by atoms with van der Waals surface area (Å²) in [6.07, 6.45) is -3.09. The van der Waals surface area contributed by atoms with Gasteiger partial charge in [-0.15, -0.1) is 13.2 Å². The zero-order valence-electron chi connectivity index (χ0n) is 12.8. The average Bonchev–Trinajstić information content (AvgIpc) is 2.73. The zero-order chi connectivity index (χ0) is 18.5. The van der Waals surface area contributed by atoms with Gasteiger partial charge in [0.25, 0.3) is 5.56 Å². The summed E-state index contributed by atoms with van der Waals surface area (Å²) in [6.45, 7) is 3.41. The van der Waals surface area contributed by atoms with Gasteiger partial charge in [-0.05, 0) is 63.4 Å². The molecule has 132 valence electrons. The lowest BCUT2D eigenvalue weighted by molar-refractivity contribution is -0.274. The molecule has 3 aromatic rings. The molecule has 0 radical (unpaired) electrons. The molecule has 0 amide bonds. The molecule has 0 spiro atoms. The lowest BCUT2D eigenvalue weighted by Crippen LogP contribution is -2.17. The number of nitrogens with zero attached hydrogens (tertiary/aromatic N) is 2. The van der Waals surface area contributed by atoms with Gasteiger partial charge in [-0.3, -0.25) is 9.36 Å². The molecule has 0 fully saturated rings. The first-order chi connectivity index (χ1) is 11.6. The van der Waals surface area contributed by atoms with Crippen LogP contribution in [0.4, 0.5) is 13.2 Å². The number of ether oxygens (including phenoxy) is 1. The molecule has 0 aliphatic heterocycles. The van der Waals surface area contributed by atoms with Crippen molar-refractivity contribution in [1.29, 1.82) is 0 Å². The summed E-state index contributed by atoms with van der Waals surface area (Å²) in [5.74, 6) is 0.0614. The first kappa shape index (κ1) is 18.0. The molecule has 10 heteroatoms. The Morgan fingerprint density at radius 2 is 1.80 bits per heavy atom. The summed E-state index contributed by atoms with van der Waals surface area (Å²) in [6, 6.07) is 2.41. The Morgan fingerprint density at radius 1 is 1.20 bits per heavy atom. The quantitative estimate of drug-likeness (QED) is 0.575. The molecule has 2 aromatic heterocycles. The molecular formula is C15H10Br2F3N3O2. The minimum absolute atomic E-state index is 0.275. The minimum atomic E-state index is -4.79. The number of fused-ring (bicyclic) bond motifs is 1. The number of halogens is 5. The van der Waals surface area contributed by atoms with Crippen molar-refractivity contribution in [2.45, 2.75) is 20.2 Å². The Morgan fingerprint density at radius 3 is 2.36 bits per heavy atom. The molecule has 0 atom stereocenters. The van der Waals surface area contributed by atoms with Crippen LogP contribution in [-0.4, -0.2) is 20.9 Å². The number of hydrogen-bond donors (Lipinski definition) is 1. The number of rotatable bonds is 2. The van der Waals surface area contributed by atoms with E-state index < -0.39 is 6.36 Å². The van der Waals surface area contributed by atoms with Crippen molar-refractivity contribution in [3.8, 4) is 11.4 Å². The molecule has 2 heterocycles. The van der Waals surface area contributed by atoms with Crippen LogP contribution in [-0.2, 0) is 0 Å². The van der Waals surface area contributed by atoms with Crippen LogP contribution < -0.4 is 10.3 Å². The van der Waals surface area contributed by atoms with Gasteiger partial charge < -0.3 is 9.72 Å². The van der Waals surface area contributed by atoms with E-state index in [1.807, 2.05) is 0 Å². The third-order valence-electron chi connectivity index (χ3n) is 3.43. The fourth-order valence-corrected chi connectivity index (χ4v) is 4.08. The van der Waals surface area contributed by atoms with Crippen molar-refractivity contribution in [3.63, 3.8) is 0 Å². The van der Waals surface area contributed by atoms with Gasteiger partial charge in [0.05, 0.1) is 11.1 Å². The highest BCUT2D eigenvalue weighted by atomic mass is 79.9. The molecule has 0 unspecified atom stereocenters. The van der Waals surface area contributed by atoms with E-state index in [0.717, 1.165) is 0 Å². The highest BCUT2D eigenvalue weighted by molar-refractivity contribution is 9.11. The lowest BCUT2D eigenvalue weighted by Gasteiger charge is -2.14. The number of aryl methyl sites for hydroxylation is 2. The van der Waals surface area contributed by atoms with Gasteiger partial charge in [0.15, 0.2) is 5.65 Å². The van der Waals surface area contributed by atoms with Crippen LogP contribution in [0.15, 0.2) is 32.1 Å². The van der Waals surface area contributed by atoms with E-state index in [-0.39, 0.29) is 11.3 Å². The third-order valence-corrected chi connectivity index (χ3v) is 4.64. The van der Waals surface area contributed by atoms with E-state index in [1.54, 1.807) is 24.6 Å². The molecule has 25 heavy (non-hydrogen) atoms. The minimum Gasteiger partial charge on any atom is -0.406 e. The number of aromatic nitrogens is 3. The molecule has 3 rings (SSSR count). The second-order valence-electron chi connectivity index (χ2n) is 5.32. The van der Waals surface area contributed by atoms with E-state index in [4.69, 9.17) is 0 Å². The Balaban J connectivity index is 2.24. The first-order valence-electron chi connectivity index (χ1n) is 6.90. The molecule has 0 saturated heterocycles. The average molecular weight is 481 g/mol. The molecule has 1 aromatic carbocycles. The van der Waals surface area contributed by atoms with Crippen LogP contribution in [0.1, 0.15) is 11.4 Å². The van der Waals surface area contributed by atoms with Gasteiger partial charge in [0.2, 0.25) is 0 Å². The monoisotopic (exact) mass is 479 g/mol. The topological polar surface area (TPSA) is 59.9 Å². The second kappa shape index (κ2) is 6.17. The van der Waals surface area contributed by atoms with Crippen molar-refractivity contribution in [1.82, 2.24) is 14.5 Å². The standard InChI is InChI=1S/C15H10Br2F3N3O2/c1-6-5-23(13-11(6)14(24)22-7(2)21-13)12-9(16)3-8(4-10(12)17)25-15(18,19)20/h3-5H,1-2H3,(H,21,22,24). The number of nitrogens with one attached hydrogen (secondary N) is 1. The smallest absolute Gasteiger partial charge is 0.406 e. The molecule has 0 aliphatic rings. The Bertz CT molecular complexity index is 1020. The molecular weight excluding hydrogens is 471 g/mol. The fourth-order valence-electron chi connectivity index (χ4n) is 2.56. The molecule has 5 nitrogen and oxygen atoms in total. The Hall–Kier alpha value is -1.81. The summed E-state index contributed by atoms with van der Waals surface area (Å²) in [7, 11) is 0. The van der Waals surface area contributed by atoms with E-state index in [9.17, 15) is 18.0 Å². The van der Waals surface area contributed by atoms with Crippen LogP contribution in [0.5, 0.6) is 5.75 Å². The summed E-state index contributed by atoms with van der Waals surface area (Å²) in [5.41, 5.74) is 1.33. The van der Waals surface area contributed by atoms with Gasteiger partial charge in [-0.2, -0.15) is 0 Å². The summed E-state index contributed by atoms with van der Waals surface area (Å²) in [5, 5.41) is 0.417. The zero-order valence-corrected chi connectivity index (χ0v) is 16.0. The molecule has 0 saturated carbocycles. The van der Waals surface area contributed by atoms with E-state index in [1.165, 1.54) is 12.1 Å².